The van der Waals surface area contributed by atoms with Gasteiger partial charge in [-0.2, -0.15) is 5.10 Å². The average molecular weight is 315 g/mol. The molecule has 1 heterocycles. The Morgan fingerprint density at radius 1 is 1.26 bits per heavy atom. The Balaban J connectivity index is 1.96. The number of nitrogens with zero attached hydrogens (tertiary/aromatic N) is 4. The number of carbonyl (C=O) groups is 2. The predicted octanol–water partition coefficient (Wildman–Crippen LogP) is 1.79. The Labute approximate surface area is 135 Å². The molecule has 1 aromatic heterocycles. The molecular weight excluding hydrogens is 294 g/mol. The third kappa shape index (κ3) is 4.64. The van der Waals surface area contributed by atoms with Gasteiger partial charge in [-0.3, -0.25) is 14.3 Å². The van der Waals surface area contributed by atoms with Crippen LogP contribution in [0.1, 0.15) is 30.6 Å². The highest BCUT2D eigenvalue weighted by Crippen LogP contribution is 2.13. The lowest BCUT2D eigenvalue weighted by molar-refractivity contribution is -0.116. The highest BCUT2D eigenvalue weighted by molar-refractivity contribution is 5.97. The SMILES string of the molecule is CCN(CC)C(=O)c1cccc(NC(=O)CCn2cncn2)c1. The molecule has 0 fully saturated rings. The predicted molar refractivity (Wildman–Crippen MR) is 87.0 cm³/mol. The number of benzene rings is 1. The Hall–Kier alpha value is -2.70. The summed E-state index contributed by atoms with van der Waals surface area (Å²) in [4.78, 5) is 29.9. The van der Waals surface area contributed by atoms with E-state index in [1.54, 1.807) is 40.2 Å². The van der Waals surface area contributed by atoms with Crippen LogP contribution in [-0.4, -0.2) is 44.6 Å². The number of carbonyl (C=O) groups excluding carboxylic acids is 2. The number of hydrogen-bond donors (Lipinski definition) is 1. The van der Waals surface area contributed by atoms with E-state index in [0.29, 0.717) is 30.9 Å². The van der Waals surface area contributed by atoms with Crippen LogP contribution in [0.2, 0.25) is 0 Å². The first-order valence-electron chi connectivity index (χ1n) is 7.65. The zero-order chi connectivity index (χ0) is 16.7. The monoisotopic (exact) mass is 315 g/mol. The van der Waals surface area contributed by atoms with Crippen LogP contribution in [0.5, 0.6) is 0 Å². The van der Waals surface area contributed by atoms with Crippen molar-refractivity contribution >= 4 is 17.5 Å². The zero-order valence-electron chi connectivity index (χ0n) is 13.4. The molecule has 2 amide bonds. The Morgan fingerprint density at radius 3 is 2.70 bits per heavy atom. The molecule has 0 spiro atoms. The lowest BCUT2D eigenvalue weighted by Gasteiger charge is -2.19. The Morgan fingerprint density at radius 2 is 2.04 bits per heavy atom. The number of amides is 2. The van der Waals surface area contributed by atoms with Gasteiger partial charge in [0.2, 0.25) is 5.91 Å². The van der Waals surface area contributed by atoms with Gasteiger partial charge in [0.15, 0.2) is 0 Å². The topological polar surface area (TPSA) is 80.1 Å². The van der Waals surface area contributed by atoms with E-state index in [-0.39, 0.29) is 18.2 Å². The maximum Gasteiger partial charge on any atom is 0.253 e. The zero-order valence-corrected chi connectivity index (χ0v) is 13.4. The third-order valence-corrected chi connectivity index (χ3v) is 3.48. The summed E-state index contributed by atoms with van der Waals surface area (Å²) in [6.07, 6.45) is 3.29. The molecule has 2 rings (SSSR count). The summed E-state index contributed by atoms with van der Waals surface area (Å²) >= 11 is 0. The van der Waals surface area contributed by atoms with E-state index in [2.05, 4.69) is 15.4 Å². The van der Waals surface area contributed by atoms with E-state index in [9.17, 15) is 9.59 Å². The van der Waals surface area contributed by atoms with Gasteiger partial charge in [0.05, 0.1) is 6.54 Å². The first kappa shape index (κ1) is 16.7. The van der Waals surface area contributed by atoms with Crippen molar-refractivity contribution in [3.8, 4) is 0 Å². The van der Waals surface area contributed by atoms with Crippen molar-refractivity contribution in [2.75, 3.05) is 18.4 Å². The molecule has 0 bridgehead atoms. The Bertz CT molecular complexity index is 650. The van der Waals surface area contributed by atoms with Crippen molar-refractivity contribution in [3.63, 3.8) is 0 Å². The van der Waals surface area contributed by atoms with Crippen LogP contribution < -0.4 is 5.32 Å². The van der Waals surface area contributed by atoms with Gasteiger partial charge in [0, 0.05) is 30.8 Å². The molecule has 2 aromatic rings. The van der Waals surface area contributed by atoms with E-state index in [1.165, 1.54) is 6.33 Å². The standard InChI is InChI=1S/C16H21N5O2/c1-3-20(4-2)16(23)13-6-5-7-14(10-13)19-15(22)8-9-21-12-17-11-18-21/h5-7,10-12H,3-4,8-9H2,1-2H3,(H,19,22). The molecule has 0 saturated heterocycles. The molecule has 0 aliphatic carbocycles. The Kier molecular flexibility index (Phi) is 5.85. The highest BCUT2D eigenvalue weighted by atomic mass is 16.2. The largest absolute Gasteiger partial charge is 0.339 e. The molecule has 7 nitrogen and oxygen atoms in total. The molecule has 0 unspecified atom stereocenters. The van der Waals surface area contributed by atoms with Crippen LogP contribution in [0, 0.1) is 0 Å². The number of nitrogens with one attached hydrogen (secondary N) is 1. The van der Waals surface area contributed by atoms with Crippen LogP contribution in [0.15, 0.2) is 36.9 Å². The fraction of sp³-hybridized carbons (Fsp3) is 0.375. The minimum Gasteiger partial charge on any atom is -0.339 e. The number of hydrogen-bond acceptors (Lipinski definition) is 4. The summed E-state index contributed by atoms with van der Waals surface area (Å²) < 4.78 is 1.60. The van der Waals surface area contributed by atoms with Crippen molar-refractivity contribution in [2.45, 2.75) is 26.8 Å². The van der Waals surface area contributed by atoms with Crippen molar-refractivity contribution in [1.29, 1.82) is 0 Å². The summed E-state index contributed by atoms with van der Waals surface area (Å²) in [5, 5.41) is 6.75. The van der Waals surface area contributed by atoms with E-state index in [0.717, 1.165) is 0 Å². The van der Waals surface area contributed by atoms with Gasteiger partial charge in [-0.1, -0.05) is 6.07 Å². The fourth-order valence-electron chi connectivity index (χ4n) is 2.21. The fourth-order valence-corrected chi connectivity index (χ4v) is 2.21. The minimum atomic E-state index is -0.132. The van der Waals surface area contributed by atoms with E-state index >= 15 is 0 Å². The van der Waals surface area contributed by atoms with Gasteiger partial charge in [-0.25, -0.2) is 4.98 Å². The van der Waals surface area contributed by atoms with Gasteiger partial charge in [0.25, 0.3) is 5.91 Å². The van der Waals surface area contributed by atoms with Gasteiger partial charge in [-0.05, 0) is 32.0 Å². The molecule has 0 aliphatic heterocycles. The maximum absolute atomic E-state index is 12.3. The van der Waals surface area contributed by atoms with Crippen molar-refractivity contribution in [1.82, 2.24) is 19.7 Å². The maximum atomic E-state index is 12.3. The lowest BCUT2D eigenvalue weighted by Crippen LogP contribution is -2.30. The molecule has 1 aromatic carbocycles. The van der Waals surface area contributed by atoms with E-state index in [4.69, 9.17) is 0 Å². The average Bonchev–Trinajstić information content (AvgIpc) is 3.08. The minimum absolute atomic E-state index is 0.0336. The smallest absolute Gasteiger partial charge is 0.253 e. The van der Waals surface area contributed by atoms with Gasteiger partial charge in [-0.15, -0.1) is 0 Å². The van der Waals surface area contributed by atoms with Crippen LogP contribution in [0.25, 0.3) is 0 Å². The second kappa shape index (κ2) is 8.07. The van der Waals surface area contributed by atoms with Crippen molar-refractivity contribution in [2.24, 2.45) is 0 Å². The summed E-state index contributed by atoms with van der Waals surface area (Å²) in [6, 6.07) is 7.00. The van der Waals surface area contributed by atoms with Crippen LogP contribution in [-0.2, 0) is 11.3 Å². The van der Waals surface area contributed by atoms with Crippen LogP contribution >= 0.6 is 0 Å². The molecule has 23 heavy (non-hydrogen) atoms. The molecule has 0 atom stereocenters. The van der Waals surface area contributed by atoms with Gasteiger partial charge < -0.3 is 10.2 Å². The van der Waals surface area contributed by atoms with Crippen LogP contribution in [0.4, 0.5) is 5.69 Å². The highest BCUT2D eigenvalue weighted by Gasteiger charge is 2.13. The molecule has 0 aliphatic rings. The summed E-state index contributed by atoms with van der Waals surface area (Å²) in [5.41, 5.74) is 1.19. The third-order valence-electron chi connectivity index (χ3n) is 3.48. The molecule has 122 valence electrons. The number of aryl methyl sites for hydroxylation is 1. The summed E-state index contributed by atoms with van der Waals surface area (Å²) in [6.45, 7) is 5.66. The van der Waals surface area contributed by atoms with Crippen molar-refractivity contribution in [3.05, 3.63) is 42.5 Å². The molecule has 0 radical (unpaired) electrons. The van der Waals surface area contributed by atoms with E-state index in [1.807, 2.05) is 13.8 Å². The number of aromatic nitrogens is 3. The quantitative estimate of drug-likeness (QED) is 0.844. The second-order valence-corrected chi connectivity index (χ2v) is 5.01. The lowest BCUT2D eigenvalue weighted by atomic mass is 10.1. The second-order valence-electron chi connectivity index (χ2n) is 5.01. The first-order valence-corrected chi connectivity index (χ1v) is 7.65. The molecule has 0 saturated carbocycles. The number of rotatable bonds is 7. The van der Waals surface area contributed by atoms with E-state index < -0.39 is 0 Å². The summed E-state index contributed by atoms with van der Waals surface area (Å²) in [7, 11) is 0. The number of anilines is 1. The molecular formula is C16H21N5O2. The normalized spacial score (nSPS) is 10.3. The first-order chi connectivity index (χ1) is 11.1. The summed E-state index contributed by atoms with van der Waals surface area (Å²) in [5.74, 6) is -0.165. The molecule has 7 heteroatoms. The van der Waals surface area contributed by atoms with Gasteiger partial charge in [0.1, 0.15) is 12.7 Å². The van der Waals surface area contributed by atoms with Crippen LogP contribution in [0.3, 0.4) is 0 Å². The van der Waals surface area contributed by atoms with Crippen molar-refractivity contribution < 1.29 is 9.59 Å². The molecule has 1 N–H and O–H groups in total. The van der Waals surface area contributed by atoms with Gasteiger partial charge >= 0.3 is 0 Å².